The monoisotopic (exact) mass is 231 g/mol. The summed E-state index contributed by atoms with van der Waals surface area (Å²) < 4.78 is 10.2. The fraction of sp³-hybridized carbons (Fsp3) is 0.909. The Morgan fingerprint density at radius 1 is 1.31 bits per heavy atom. The number of hydrogen-bond donors (Lipinski definition) is 2. The van der Waals surface area contributed by atoms with Crippen LogP contribution in [0.1, 0.15) is 34.6 Å². The molecule has 1 heterocycles. The summed E-state index contributed by atoms with van der Waals surface area (Å²) in [5.41, 5.74) is -2.33. The van der Waals surface area contributed by atoms with E-state index in [9.17, 15) is 9.90 Å². The van der Waals surface area contributed by atoms with E-state index in [2.05, 4.69) is 5.32 Å². The zero-order valence-electron chi connectivity index (χ0n) is 10.6. The van der Waals surface area contributed by atoms with Gasteiger partial charge in [-0.15, -0.1) is 0 Å². The highest BCUT2D eigenvalue weighted by atomic mass is 16.6. The van der Waals surface area contributed by atoms with Crippen molar-refractivity contribution < 1.29 is 19.4 Å². The molecule has 5 nitrogen and oxygen atoms in total. The van der Waals surface area contributed by atoms with E-state index in [4.69, 9.17) is 9.47 Å². The highest BCUT2D eigenvalue weighted by molar-refractivity contribution is 5.69. The van der Waals surface area contributed by atoms with E-state index >= 15 is 0 Å². The quantitative estimate of drug-likeness (QED) is 0.745. The third-order valence-corrected chi connectivity index (χ3v) is 2.61. The van der Waals surface area contributed by atoms with Gasteiger partial charge in [0.05, 0.1) is 18.8 Å². The summed E-state index contributed by atoms with van der Waals surface area (Å²) in [5, 5.41) is 12.7. The molecular formula is C11H21NO4. The molecule has 0 bridgehead atoms. The van der Waals surface area contributed by atoms with Crippen molar-refractivity contribution in [3.63, 3.8) is 0 Å². The molecule has 0 unspecified atom stereocenters. The van der Waals surface area contributed by atoms with Crippen LogP contribution in [0, 0.1) is 0 Å². The first-order chi connectivity index (χ1) is 7.06. The molecule has 1 fully saturated rings. The maximum absolute atomic E-state index is 11.6. The first kappa shape index (κ1) is 13.3. The second-order valence-electron chi connectivity index (χ2n) is 5.76. The fourth-order valence-electron chi connectivity index (χ4n) is 1.38. The lowest BCUT2D eigenvalue weighted by atomic mass is 9.80. The first-order valence-electron chi connectivity index (χ1n) is 5.37. The minimum Gasteiger partial charge on any atom is -0.444 e. The van der Waals surface area contributed by atoms with Gasteiger partial charge in [0.2, 0.25) is 0 Å². The Labute approximate surface area is 96.1 Å². The number of nitrogens with one attached hydrogen (secondary N) is 1. The Bertz CT molecular complexity index is 271. The molecule has 1 aliphatic heterocycles. The summed E-state index contributed by atoms with van der Waals surface area (Å²) in [4.78, 5) is 11.6. The van der Waals surface area contributed by atoms with Gasteiger partial charge in [0.25, 0.3) is 0 Å². The summed E-state index contributed by atoms with van der Waals surface area (Å²) >= 11 is 0. The molecular weight excluding hydrogens is 210 g/mol. The van der Waals surface area contributed by atoms with Gasteiger partial charge in [-0.2, -0.15) is 0 Å². The highest BCUT2D eigenvalue weighted by Crippen LogP contribution is 2.30. The molecule has 0 saturated carbocycles. The van der Waals surface area contributed by atoms with Gasteiger partial charge in [0, 0.05) is 0 Å². The summed E-state index contributed by atoms with van der Waals surface area (Å²) in [7, 11) is 0. The molecule has 1 rings (SSSR count). The molecule has 0 radical (unpaired) electrons. The average molecular weight is 231 g/mol. The number of carbonyl (C=O) groups is 1. The second kappa shape index (κ2) is 3.89. The zero-order valence-corrected chi connectivity index (χ0v) is 10.6. The molecule has 16 heavy (non-hydrogen) atoms. The van der Waals surface area contributed by atoms with Crippen molar-refractivity contribution in [1.82, 2.24) is 5.32 Å². The highest BCUT2D eigenvalue weighted by Gasteiger charge is 2.52. The van der Waals surface area contributed by atoms with E-state index in [-0.39, 0.29) is 0 Å². The van der Waals surface area contributed by atoms with Gasteiger partial charge >= 0.3 is 6.09 Å². The second-order valence-corrected chi connectivity index (χ2v) is 5.76. The van der Waals surface area contributed by atoms with Gasteiger partial charge in [0.1, 0.15) is 11.1 Å². The van der Waals surface area contributed by atoms with E-state index < -0.39 is 22.8 Å². The van der Waals surface area contributed by atoms with Gasteiger partial charge in [-0.25, -0.2) is 4.79 Å². The number of rotatable bonds is 2. The van der Waals surface area contributed by atoms with E-state index in [0.717, 1.165) is 0 Å². The molecule has 0 aromatic rings. The van der Waals surface area contributed by atoms with Gasteiger partial charge in [-0.3, -0.25) is 0 Å². The molecule has 94 valence electrons. The molecule has 0 aromatic heterocycles. The summed E-state index contributed by atoms with van der Waals surface area (Å²) in [6.45, 7) is 9.27. The molecule has 1 aliphatic rings. The van der Waals surface area contributed by atoms with Gasteiger partial charge in [-0.05, 0) is 34.6 Å². The van der Waals surface area contributed by atoms with Crippen LogP contribution in [0.5, 0.6) is 0 Å². The topological polar surface area (TPSA) is 67.8 Å². The van der Waals surface area contributed by atoms with Crippen LogP contribution >= 0.6 is 0 Å². The van der Waals surface area contributed by atoms with Crippen LogP contribution in [0.4, 0.5) is 4.79 Å². The Morgan fingerprint density at radius 2 is 1.81 bits per heavy atom. The van der Waals surface area contributed by atoms with E-state index in [0.29, 0.717) is 13.2 Å². The van der Waals surface area contributed by atoms with Crippen molar-refractivity contribution in [1.29, 1.82) is 0 Å². The molecule has 5 heteroatoms. The summed E-state index contributed by atoms with van der Waals surface area (Å²) in [6.07, 6.45) is -0.530. The lowest BCUT2D eigenvalue weighted by molar-refractivity contribution is -0.165. The molecule has 0 aliphatic carbocycles. The van der Waals surface area contributed by atoms with Gasteiger partial charge in [-0.1, -0.05) is 0 Å². The Balaban J connectivity index is 2.62. The van der Waals surface area contributed by atoms with E-state index in [1.54, 1.807) is 34.6 Å². The lowest BCUT2D eigenvalue weighted by Crippen LogP contribution is -2.73. The maximum Gasteiger partial charge on any atom is 0.408 e. The smallest absolute Gasteiger partial charge is 0.408 e. The normalized spacial score (nSPS) is 19.9. The minimum absolute atomic E-state index is 0.301. The van der Waals surface area contributed by atoms with Crippen LogP contribution in [-0.2, 0) is 9.47 Å². The molecule has 0 aromatic carbocycles. The van der Waals surface area contributed by atoms with Crippen LogP contribution in [-0.4, -0.2) is 41.2 Å². The largest absolute Gasteiger partial charge is 0.444 e. The number of ether oxygens (including phenoxy) is 2. The van der Waals surface area contributed by atoms with Crippen molar-refractivity contribution in [3.8, 4) is 0 Å². The SMILES string of the molecule is CC(C)(C)OC(=O)NC1(C(C)(C)O)COC1. The number of hydrogen-bond acceptors (Lipinski definition) is 4. The van der Waals surface area contributed by atoms with Crippen LogP contribution in [0.15, 0.2) is 0 Å². The third kappa shape index (κ3) is 2.86. The fourth-order valence-corrected chi connectivity index (χ4v) is 1.38. The maximum atomic E-state index is 11.6. The Kier molecular flexibility index (Phi) is 3.22. The van der Waals surface area contributed by atoms with Crippen LogP contribution in [0.3, 0.4) is 0 Å². The number of alkyl carbamates (subject to hydrolysis) is 1. The molecule has 1 saturated heterocycles. The van der Waals surface area contributed by atoms with Gasteiger partial charge in [0.15, 0.2) is 0 Å². The van der Waals surface area contributed by atoms with Crippen molar-refractivity contribution in [2.75, 3.05) is 13.2 Å². The minimum atomic E-state index is -1.04. The predicted molar refractivity (Wildman–Crippen MR) is 59.2 cm³/mol. The number of amides is 1. The van der Waals surface area contributed by atoms with Crippen molar-refractivity contribution in [3.05, 3.63) is 0 Å². The summed E-state index contributed by atoms with van der Waals surface area (Å²) in [5.74, 6) is 0. The van der Waals surface area contributed by atoms with E-state index in [1.165, 1.54) is 0 Å². The van der Waals surface area contributed by atoms with Crippen LogP contribution in [0.25, 0.3) is 0 Å². The first-order valence-corrected chi connectivity index (χ1v) is 5.37. The average Bonchev–Trinajstić information content (AvgIpc) is 1.90. The molecule has 0 spiro atoms. The third-order valence-electron chi connectivity index (χ3n) is 2.61. The molecule has 1 amide bonds. The van der Waals surface area contributed by atoms with Crippen molar-refractivity contribution >= 4 is 6.09 Å². The van der Waals surface area contributed by atoms with Crippen molar-refractivity contribution in [2.45, 2.75) is 51.4 Å². The Morgan fingerprint density at radius 3 is 2.06 bits per heavy atom. The Hall–Kier alpha value is -0.810. The number of aliphatic hydroxyl groups is 1. The van der Waals surface area contributed by atoms with Crippen LogP contribution < -0.4 is 5.32 Å². The predicted octanol–water partition coefficient (Wildman–Crippen LogP) is 1.05. The van der Waals surface area contributed by atoms with E-state index in [1.807, 2.05) is 0 Å². The molecule has 0 atom stereocenters. The lowest BCUT2D eigenvalue weighted by Gasteiger charge is -2.49. The standard InChI is InChI=1S/C11H21NO4/c1-9(2,3)16-8(13)12-11(6-15-7-11)10(4,5)14/h14H,6-7H2,1-5H3,(H,12,13). The summed E-state index contributed by atoms with van der Waals surface area (Å²) in [6, 6.07) is 0. The van der Waals surface area contributed by atoms with Crippen molar-refractivity contribution in [2.24, 2.45) is 0 Å². The van der Waals surface area contributed by atoms with Crippen LogP contribution in [0.2, 0.25) is 0 Å². The molecule has 2 N–H and O–H groups in total. The number of carbonyl (C=O) groups excluding carboxylic acids is 1. The van der Waals surface area contributed by atoms with Gasteiger partial charge < -0.3 is 19.9 Å². The zero-order chi connectivity index (χ0) is 12.6.